The second-order valence-corrected chi connectivity index (χ2v) is 11.2. The lowest BCUT2D eigenvalue weighted by atomic mass is 10.0. The highest BCUT2D eigenvalue weighted by Crippen LogP contribution is 2.40. The molecule has 0 fully saturated rings. The molecule has 5 rings (SSSR count). The molecule has 198 valence electrons. The van der Waals surface area contributed by atoms with E-state index in [2.05, 4.69) is 30.3 Å². The molecule has 0 aliphatic carbocycles. The molecule has 0 aliphatic heterocycles. The SMILES string of the molecule is CCOC(=O)Cc1c(C(=O)c2ccccc2)sc(SCc2ccc3ccccc3c2)c1-[n+]1ccc(C)cc1.[I-]. The van der Waals surface area contributed by atoms with E-state index in [1.54, 1.807) is 18.7 Å². The number of halogens is 1. The number of hydrogen-bond acceptors (Lipinski definition) is 5. The summed E-state index contributed by atoms with van der Waals surface area (Å²) in [6, 6.07) is 28.1. The molecule has 0 N–H and O–H groups in total. The van der Waals surface area contributed by atoms with Gasteiger partial charge in [-0.25, -0.2) is 0 Å². The van der Waals surface area contributed by atoms with Crippen LogP contribution >= 0.6 is 23.1 Å². The molecule has 0 saturated carbocycles. The van der Waals surface area contributed by atoms with Gasteiger partial charge in [0.25, 0.3) is 0 Å². The summed E-state index contributed by atoms with van der Waals surface area (Å²) in [6.07, 6.45) is 4.01. The zero-order valence-corrected chi connectivity index (χ0v) is 25.5. The van der Waals surface area contributed by atoms with Crippen molar-refractivity contribution in [2.24, 2.45) is 0 Å². The number of carbonyl (C=O) groups is 2. The Morgan fingerprint density at radius 3 is 2.31 bits per heavy atom. The molecule has 2 aromatic heterocycles. The highest BCUT2D eigenvalue weighted by molar-refractivity contribution is 8.00. The number of benzene rings is 3. The second-order valence-electron chi connectivity index (χ2n) is 8.98. The predicted molar refractivity (Wildman–Crippen MR) is 154 cm³/mol. The van der Waals surface area contributed by atoms with Crippen LogP contribution in [0, 0.1) is 6.92 Å². The Morgan fingerprint density at radius 1 is 0.897 bits per heavy atom. The van der Waals surface area contributed by atoms with Gasteiger partial charge in [-0.3, -0.25) is 9.59 Å². The van der Waals surface area contributed by atoms with E-state index in [4.69, 9.17) is 4.74 Å². The quantitative estimate of drug-likeness (QED) is 0.0783. The number of aromatic nitrogens is 1. The normalized spacial score (nSPS) is 10.7. The number of carbonyl (C=O) groups excluding carboxylic acids is 2. The van der Waals surface area contributed by atoms with Crippen LogP contribution in [0.5, 0.6) is 0 Å². The van der Waals surface area contributed by atoms with Crippen molar-refractivity contribution >= 4 is 45.6 Å². The van der Waals surface area contributed by atoms with Crippen LogP contribution < -0.4 is 28.5 Å². The fourth-order valence-corrected chi connectivity index (χ4v) is 6.86. The molecule has 4 nitrogen and oxygen atoms in total. The number of thioether (sulfide) groups is 1. The van der Waals surface area contributed by atoms with Gasteiger partial charge in [-0.1, -0.05) is 72.8 Å². The molecule has 39 heavy (non-hydrogen) atoms. The average molecular weight is 666 g/mol. The first-order valence-electron chi connectivity index (χ1n) is 12.5. The maximum atomic E-state index is 13.7. The molecule has 7 heteroatoms. The number of ketones is 1. The van der Waals surface area contributed by atoms with Gasteiger partial charge in [0.1, 0.15) is 4.21 Å². The van der Waals surface area contributed by atoms with E-state index in [0.717, 1.165) is 21.2 Å². The highest BCUT2D eigenvalue weighted by atomic mass is 127. The Bertz CT molecular complexity index is 1600. The monoisotopic (exact) mass is 665 g/mol. The summed E-state index contributed by atoms with van der Waals surface area (Å²) in [5.74, 6) is 0.316. The van der Waals surface area contributed by atoms with Crippen LogP contribution in [0.25, 0.3) is 16.5 Å². The Labute approximate surface area is 254 Å². The van der Waals surface area contributed by atoms with Crippen molar-refractivity contribution in [1.82, 2.24) is 0 Å². The number of thiophene rings is 1. The Balaban J connectivity index is 0.00000353. The number of pyridine rings is 1. The van der Waals surface area contributed by atoms with Crippen LogP contribution in [0.1, 0.15) is 38.8 Å². The summed E-state index contributed by atoms with van der Waals surface area (Å²) in [4.78, 5) is 27.0. The van der Waals surface area contributed by atoms with E-state index in [9.17, 15) is 9.59 Å². The summed E-state index contributed by atoms with van der Waals surface area (Å²) in [6.45, 7) is 4.13. The first kappa shape index (κ1) is 29.0. The summed E-state index contributed by atoms with van der Waals surface area (Å²) in [5, 5.41) is 2.41. The Morgan fingerprint density at radius 2 is 1.59 bits per heavy atom. The third-order valence-electron chi connectivity index (χ3n) is 6.25. The van der Waals surface area contributed by atoms with Gasteiger partial charge in [-0.2, -0.15) is 4.57 Å². The van der Waals surface area contributed by atoms with Crippen molar-refractivity contribution in [3.63, 3.8) is 0 Å². The molecule has 0 saturated heterocycles. The third-order valence-corrected chi connectivity index (χ3v) is 8.81. The van der Waals surface area contributed by atoms with Gasteiger partial charge in [0.15, 0.2) is 12.4 Å². The summed E-state index contributed by atoms with van der Waals surface area (Å²) in [7, 11) is 0. The number of nitrogens with zero attached hydrogens (tertiary/aromatic N) is 1. The second kappa shape index (κ2) is 13.4. The Hall–Kier alpha value is -3.01. The van der Waals surface area contributed by atoms with Gasteiger partial charge in [0, 0.05) is 23.4 Å². The standard InChI is InChI=1S/C32H28NO3S2.HI/c1-3-36-28(34)20-27-29(33-17-15-22(2)16-18-33)32(38-31(27)30(35)25-10-5-4-6-11-25)37-21-23-13-14-24-9-7-8-12-26(24)19-23;/h4-19H,3,20-21H2,1-2H3;1H/q+1;/p-1. The predicted octanol–water partition coefficient (Wildman–Crippen LogP) is 4.12. The fourth-order valence-electron chi connectivity index (χ4n) is 4.34. The molecule has 0 aliphatic rings. The zero-order valence-electron chi connectivity index (χ0n) is 21.7. The van der Waals surface area contributed by atoms with Crippen LogP contribution in [0.4, 0.5) is 0 Å². The molecule has 3 aromatic carbocycles. The van der Waals surface area contributed by atoms with Crippen LogP contribution in [0.3, 0.4) is 0 Å². The van der Waals surface area contributed by atoms with Crippen LogP contribution in [-0.2, 0) is 21.7 Å². The van der Waals surface area contributed by atoms with Gasteiger partial charge in [-0.15, -0.1) is 23.1 Å². The van der Waals surface area contributed by atoms with E-state index < -0.39 is 0 Å². The first-order valence-corrected chi connectivity index (χ1v) is 14.3. The number of hydrogen-bond donors (Lipinski definition) is 0. The van der Waals surface area contributed by atoms with Gasteiger partial charge >= 0.3 is 5.97 Å². The smallest absolute Gasteiger partial charge is 0.310 e. The number of esters is 1. The lowest BCUT2D eigenvalue weighted by Gasteiger charge is -2.06. The van der Waals surface area contributed by atoms with Gasteiger partial charge in [-0.05, 0) is 35.7 Å². The zero-order chi connectivity index (χ0) is 26.5. The molecule has 0 spiro atoms. The van der Waals surface area contributed by atoms with Crippen LogP contribution in [0.15, 0.2) is 102 Å². The third kappa shape index (κ3) is 6.77. The number of rotatable bonds is 9. The van der Waals surface area contributed by atoms with E-state index in [-0.39, 0.29) is 42.2 Å². The average Bonchev–Trinajstić information content (AvgIpc) is 3.30. The molecule has 0 radical (unpaired) electrons. The molecule has 2 heterocycles. The highest BCUT2D eigenvalue weighted by Gasteiger charge is 2.31. The largest absolute Gasteiger partial charge is 1.00 e. The number of ether oxygens (including phenoxy) is 1. The molecule has 0 bridgehead atoms. The van der Waals surface area contributed by atoms with Gasteiger partial charge < -0.3 is 28.7 Å². The maximum absolute atomic E-state index is 13.7. The molecular weight excluding hydrogens is 637 g/mol. The van der Waals surface area contributed by atoms with Crippen molar-refractivity contribution < 1.29 is 42.9 Å². The molecular formula is C32H28INO3S2. The molecule has 0 atom stereocenters. The number of fused-ring (bicyclic) bond motifs is 1. The molecule has 5 aromatic rings. The van der Waals surface area contributed by atoms with Crippen molar-refractivity contribution in [2.45, 2.75) is 30.2 Å². The van der Waals surface area contributed by atoms with Crippen LogP contribution in [0.2, 0.25) is 0 Å². The topological polar surface area (TPSA) is 47.3 Å². The lowest BCUT2D eigenvalue weighted by molar-refractivity contribution is -0.598. The maximum Gasteiger partial charge on any atom is 0.310 e. The Kier molecular flexibility index (Phi) is 9.94. The van der Waals surface area contributed by atoms with Crippen molar-refractivity contribution in [2.75, 3.05) is 6.61 Å². The summed E-state index contributed by atoms with van der Waals surface area (Å²) < 4.78 is 8.32. The summed E-state index contributed by atoms with van der Waals surface area (Å²) in [5.41, 5.74) is 4.51. The van der Waals surface area contributed by atoms with E-state index >= 15 is 0 Å². The van der Waals surface area contributed by atoms with Gasteiger partial charge in [0.05, 0.1) is 23.5 Å². The van der Waals surface area contributed by atoms with Crippen molar-refractivity contribution in [1.29, 1.82) is 0 Å². The van der Waals surface area contributed by atoms with Crippen molar-refractivity contribution in [3.8, 4) is 5.69 Å². The minimum Gasteiger partial charge on any atom is -1.00 e. The minimum atomic E-state index is -0.340. The van der Waals surface area contributed by atoms with E-state index in [0.29, 0.717) is 22.6 Å². The van der Waals surface area contributed by atoms with E-state index in [1.807, 2.05) is 78.5 Å². The summed E-state index contributed by atoms with van der Waals surface area (Å²) >= 11 is 3.14. The molecule has 0 unspecified atom stereocenters. The fraction of sp³-hybridized carbons (Fsp3) is 0.156. The minimum absolute atomic E-state index is 0. The molecule has 0 amide bonds. The van der Waals surface area contributed by atoms with Gasteiger partial charge in [0.2, 0.25) is 11.5 Å². The van der Waals surface area contributed by atoms with E-state index in [1.165, 1.54) is 27.7 Å². The lowest BCUT2D eigenvalue weighted by Crippen LogP contribution is -3.00. The number of aryl methyl sites for hydroxylation is 1. The first-order chi connectivity index (χ1) is 18.5. The van der Waals surface area contributed by atoms with Crippen LogP contribution in [-0.4, -0.2) is 18.4 Å². The van der Waals surface area contributed by atoms with Crippen molar-refractivity contribution in [3.05, 3.63) is 124 Å².